The molecule has 0 fully saturated rings. The minimum Gasteiger partial charge on any atom is -0.335 e. The van der Waals surface area contributed by atoms with E-state index in [0.717, 1.165) is 10.1 Å². The molecule has 31 heavy (non-hydrogen) atoms. The lowest BCUT2D eigenvalue weighted by Crippen LogP contribution is -2.38. The third kappa shape index (κ3) is 5.40. The highest BCUT2D eigenvalue weighted by atomic mass is 32.2. The lowest BCUT2D eigenvalue weighted by molar-refractivity contribution is -0.133. The van der Waals surface area contributed by atoms with Gasteiger partial charge in [0, 0.05) is 31.9 Å². The van der Waals surface area contributed by atoms with Crippen LogP contribution >= 0.6 is 0 Å². The van der Waals surface area contributed by atoms with Crippen LogP contribution in [0.4, 0.5) is 0 Å². The predicted octanol–water partition coefficient (Wildman–Crippen LogP) is 2.36. The van der Waals surface area contributed by atoms with Crippen LogP contribution in [0.2, 0.25) is 0 Å². The van der Waals surface area contributed by atoms with E-state index in [-0.39, 0.29) is 23.4 Å². The minimum atomic E-state index is -3.75. The highest BCUT2D eigenvalue weighted by molar-refractivity contribution is 7.89. The lowest BCUT2D eigenvalue weighted by Gasteiger charge is -2.29. The fourth-order valence-electron chi connectivity index (χ4n) is 3.42. The number of carbonyl (C=O) groups is 1. The van der Waals surface area contributed by atoms with Crippen LogP contribution in [-0.2, 0) is 21.4 Å². The molecule has 1 atom stereocenters. The second kappa shape index (κ2) is 10.4. The molecule has 0 saturated heterocycles. The van der Waals surface area contributed by atoms with Gasteiger partial charge in [0.1, 0.15) is 6.54 Å². The average molecular weight is 445 g/mol. The SMILES string of the molecule is CCN(C(=O)Cn1cc(S(=O)(=O)N(CC)CC)ccc1=O)C(C)c1ccc(C#N)cc1. The zero-order valence-corrected chi connectivity index (χ0v) is 19.1. The van der Waals surface area contributed by atoms with E-state index in [0.29, 0.717) is 25.2 Å². The summed E-state index contributed by atoms with van der Waals surface area (Å²) in [6, 6.07) is 11.2. The van der Waals surface area contributed by atoms with Crippen LogP contribution < -0.4 is 5.56 Å². The Morgan fingerprint density at radius 1 is 1.06 bits per heavy atom. The molecule has 0 radical (unpaired) electrons. The van der Waals surface area contributed by atoms with Crippen molar-refractivity contribution >= 4 is 15.9 Å². The third-order valence-electron chi connectivity index (χ3n) is 5.26. The van der Waals surface area contributed by atoms with Gasteiger partial charge in [-0.25, -0.2) is 8.42 Å². The summed E-state index contributed by atoms with van der Waals surface area (Å²) >= 11 is 0. The molecule has 9 heteroatoms. The highest BCUT2D eigenvalue weighted by Crippen LogP contribution is 2.21. The fraction of sp³-hybridized carbons (Fsp3) is 0.409. The Labute approximate surface area is 183 Å². The molecule has 0 saturated carbocycles. The van der Waals surface area contributed by atoms with Crippen LogP contribution in [0.5, 0.6) is 0 Å². The van der Waals surface area contributed by atoms with Gasteiger partial charge in [0.25, 0.3) is 5.56 Å². The minimum absolute atomic E-state index is 0.0215. The normalized spacial score (nSPS) is 12.4. The van der Waals surface area contributed by atoms with Crippen LogP contribution in [0, 0.1) is 11.3 Å². The van der Waals surface area contributed by atoms with Crippen LogP contribution in [-0.4, -0.2) is 47.7 Å². The Bertz CT molecular complexity index is 1110. The topological polar surface area (TPSA) is 103 Å². The summed E-state index contributed by atoms with van der Waals surface area (Å²) in [7, 11) is -3.75. The van der Waals surface area contributed by atoms with Crippen molar-refractivity contribution in [2.75, 3.05) is 19.6 Å². The van der Waals surface area contributed by atoms with Crippen LogP contribution in [0.15, 0.2) is 52.3 Å². The van der Waals surface area contributed by atoms with Gasteiger partial charge in [-0.1, -0.05) is 26.0 Å². The van der Waals surface area contributed by atoms with Crippen molar-refractivity contribution in [1.29, 1.82) is 5.26 Å². The second-order valence-corrected chi connectivity index (χ2v) is 8.95. The van der Waals surface area contributed by atoms with Gasteiger partial charge in [-0.15, -0.1) is 0 Å². The first-order valence-electron chi connectivity index (χ1n) is 10.2. The van der Waals surface area contributed by atoms with E-state index in [1.165, 1.54) is 22.6 Å². The quantitative estimate of drug-likeness (QED) is 0.591. The van der Waals surface area contributed by atoms with Crippen molar-refractivity contribution in [1.82, 2.24) is 13.8 Å². The first-order valence-corrected chi connectivity index (χ1v) is 11.6. The van der Waals surface area contributed by atoms with Crippen LogP contribution in [0.25, 0.3) is 0 Å². The number of hydrogen-bond acceptors (Lipinski definition) is 5. The molecule has 0 aliphatic heterocycles. The smallest absolute Gasteiger partial charge is 0.251 e. The maximum Gasteiger partial charge on any atom is 0.251 e. The van der Waals surface area contributed by atoms with Crippen molar-refractivity contribution < 1.29 is 13.2 Å². The first kappa shape index (κ1) is 24.3. The molecule has 2 rings (SSSR count). The maximum absolute atomic E-state index is 13.0. The molecule has 166 valence electrons. The largest absolute Gasteiger partial charge is 0.335 e. The number of carbonyl (C=O) groups excluding carboxylic acids is 1. The van der Waals surface area contributed by atoms with Gasteiger partial charge in [-0.3, -0.25) is 9.59 Å². The van der Waals surface area contributed by atoms with Crippen molar-refractivity contribution in [3.8, 4) is 6.07 Å². The summed E-state index contributed by atoms with van der Waals surface area (Å²) in [6.45, 7) is 7.94. The lowest BCUT2D eigenvalue weighted by atomic mass is 10.0. The molecule has 1 aromatic carbocycles. The molecule has 8 nitrogen and oxygen atoms in total. The number of likely N-dealkylation sites (N-methyl/N-ethyl adjacent to an activating group) is 1. The molecular weight excluding hydrogens is 416 g/mol. The molecule has 0 aliphatic rings. The summed E-state index contributed by atoms with van der Waals surface area (Å²) in [5.74, 6) is -0.307. The summed E-state index contributed by atoms with van der Waals surface area (Å²) < 4.78 is 28.0. The first-order chi connectivity index (χ1) is 14.7. The maximum atomic E-state index is 13.0. The molecular formula is C22H28N4O4S. The second-order valence-electron chi connectivity index (χ2n) is 7.01. The molecule has 0 N–H and O–H groups in total. The number of rotatable bonds is 9. The summed E-state index contributed by atoms with van der Waals surface area (Å²) in [4.78, 5) is 26.9. The summed E-state index contributed by atoms with van der Waals surface area (Å²) in [5.41, 5.74) is 0.941. The van der Waals surface area contributed by atoms with Crippen LogP contribution in [0.1, 0.15) is 44.9 Å². The number of nitriles is 1. The van der Waals surface area contributed by atoms with E-state index in [1.807, 2.05) is 13.8 Å². The molecule has 0 bridgehead atoms. The van der Waals surface area contributed by atoms with E-state index in [2.05, 4.69) is 6.07 Å². The molecule has 2 aromatic rings. The van der Waals surface area contributed by atoms with E-state index in [1.54, 1.807) is 43.0 Å². The zero-order chi connectivity index (χ0) is 23.2. The number of aromatic nitrogens is 1. The Morgan fingerprint density at radius 3 is 2.19 bits per heavy atom. The summed E-state index contributed by atoms with van der Waals surface area (Å²) in [6.07, 6.45) is 1.23. The average Bonchev–Trinajstić information content (AvgIpc) is 2.76. The Kier molecular flexibility index (Phi) is 8.14. The van der Waals surface area contributed by atoms with Crippen molar-refractivity contribution in [3.63, 3.8) is 0 Å². The highest BCUT2D eigenvalue weighted by Gasteiger charge is 2.24. The molecule has 0 aliphatic carbocycles. The number of hydrogen-bond donors (Lipinski definition) is 0. The number of pyridine rings is 1. The standard InChI is InChI=1S/C22H28N4O4S/c1-5-25(6-2)31(29,30)20-12-13-21(27)24(15-20)16-22(28)26(7-3)17(4)19-10-8-18(14-23)9-11-19/h8-13,15,17H,5-7,16H2,1-4H3. The number of sulfonamides is 1. The van der Waals surface area contributed by atoms with Gasteiger partial charge in [0.15, 0.2) is 0 Å². The van der Waals surface area contributed by atoms with Crippen molar-refractivity contribution in [3.05, 3.63) is 64.1 Å². The van der Waals surface area contributed by atoms with E-state index in [4.69, 9.17) is 5.26 Å². The summed E-state index contributed by atoms with van der Waals surface area (Å²) in [5, 5.41) is 8.95. The zero-order valence-electron chi connectivity index (χ0n) is 18.3. The van der Waals surface area contributed by atoms with Crippen LogP contribution in [0.3, 0.4) is 0 Å². The van der Waals surface area contributed by atoms with Gasteiger partial charge >= 0.3 is 0 Å². The van der Waals surface area contributed by atoms with Gasteiger partial charge in [0.05, 0.1) is 22.6 Å². The predicted molar refractivity (Wildman–Crippen MR) is 118 cm³/mol. The molecule has 0 spiro atoms. The molecule has 1 aromatic heterocycles. The van der Waals surface area contributed by atoms with Gasteiger partial charge < -0.3 is 9.47 Å². The van der Waals surface area contributed by atoms with E-state index >= 15 is 0 Å². The van der Waals surface area contributed by atoms with Crippen molar-refractivity contribution in [2.24, 2.45) is 0 Å². The molecule has 1 amide bonds. The monoisotopic (exact) mass is 444 g/mol. The Morgan fingerprint density at radius 2 is 1.68 bits per heavy atom. The molecule has 1 unspecified atom stereocenters. The van der Waals surface area contributed by atoms with Gasteiger partial charge in [0.2, 0.25) is 15.9 Å². The number of benzene rings is 1. The van der Waals surface area contributed by atoms with E-state index < -0.39 is 15.6 Å². The third-order valence-corrected chi connectivity index (χ3v) is 7.29. The Balaban J connectivity index is 2.30. The molecule has 1 heterocycles. The van der Waals surface area contributed by atoms with Gasteiger partial charge in [-0.2, -0.15) is 9.57 Å². The fourth-order valence-corrected chi connectivity index (χ4v) is 4.90. The Hall–Kier alpha value is -2.96. The van der Waals surface area contributed by atoms with Gasteiger partial charge in [-0.05, 0) is 37.6 Å². The number of amides is 1. The van der Waals surface area contributed by atoms with Crippen molar-refractivity contribution in [2.45, 2.75) is 45.2 Å². The number of nitrogens with zero attached hydrogens (tertiary/aromatic N) is 4. The van der Waals surface area contributed by atoms with E-state index in [9.17, 15) is 18.0 Å².